The van der Waals surface area contributed by atoms with Crippen molar-refractivity contribution in [1.29, 1.82) is 0 Å². The second-order valence-corrected chi connectivity index (χ2v) is 7.75. The number of anilines is 1. The Hall–Kier alpha value is -3.73. The van der Waals surface area contributed by atoms with Gasteiger partial charge in [-0.15, -0.1) is 0 Å². The van der Waals surface area contributed by atoms with Crippen LogP contribution < -0.4 is 5.32 Å². The van der Waals surface area contributed by atoms with Crippen LogP contribution in [0, 0.1) is 17.0 Å². The fourth-order valence-electron chi connectivity index (χ4n) is 3.04. The van der Waals surface area contributed by atoms with Crippen molar-refractivity contribution in [2.75, 3.05) is 5.32 Å². The third-order valence-corrected chi connectivity index (χ3v) is 4.95. The molecule has 1 amide bonds. The number of benzene rings is 1. The molecule has 31 heavy (non-hydrogen) atoms. The first-order valence-electron chi connectivity index (χ1n) is 9.23. The molecule has 1 aromatic carbocycles. The molecule has 0 radical (unpaired) electrons. The third kappa shape index (κ3) is 4.89. The smallest absolute Gasteiger partial charge is 0.404 e. The number of aryl methyl sites for hydroxylation is 1. The first-order valence-corrected chi connectivity index (χ1v) is 10.0. The third-order valence-electron chi connectivity index (χ3n) is 4.39. The standard InChI is InChI=1S/C20H17BrN6O4/c1-13-3-2-4-14(7-13)9-25-10-15(8-22-25)23-20(28)18-6-5-16(31-18)11-26-12-17(21)19(24-26)27(29)30/h2-8,10,12H,9,11H2,1H3,(H,23,28). The molecule has 0 saturated heterocycles. The topological polar surface area (TPSA) is 121 Å². The molecule has 158 valence electrons. The van der Waals surface area contributed by atoms with Crippen molar-refractivity contribution in [3.63, 3.8) is 0 Å². The monoisotopic (exact) mass is 484 g/mol. The summed E-state index contributed by atoms with van der Waals surface area (Å²) in [5.41, 5.74) is 2.83. The van der Waals surface area contributed by atoms with Crippen LogP contribution in [0.2, 0.25) is 0 Å². The van der Waals surface area contributed by atoms with Gasteiger partial charge in [-0.2, -0.15) is 9.78 Å². The highest BCUT2D eigenvalue weighted by atomic mass is 79.9. The lowest BCUT2D eigenvalue weighted by atomic mass is 10.1. The van der Waals surface area contributed by atoms with Gasteiger partial charge < -0.3 is 19.8 Å². The number of aromatic nitrogens is 4. The lowest BCUT2D eigenvalue weighted by Gasteiger charge is -2.03. The summed E-state index contributed by atoms with van der Waals surface area (Å²) in [6.07, 6.45) is 4.78. The van der Waals surface area contributed by atoms with Gasteiger partial charge in [0.15, 0.2) is 5.76 Å². The molecule has 0 aliphatic carbocycles. The molecule has 3 aromatic heterocycles. The molecule has 3 heterocycles. The molecule has 0 aliphatic rings. The fourth-order valence-corrected chi connectivity index (χ4v) is 3.50. The highest BCUT2D eigenvalue weighted by Crippen LogP contribution is 2.23. The Balaban J connectivity index is 1.38. The number of furan rings is 1. The van der Waals surface area contributed by atoms with Gasteiger partial charge in [0.25, 0.3) is 5.91 Å². The number of amides is 1. The van der Waals surface area contributed by atoms with Crippen molar-refractivity contribution >= 4 is 33.3 Å². The van der Waals surface area contributed by atoms with Crippen LogP contribution in [-0.2, 0) is 13.1 Å². The molecule has 0 atom stereocenters. The molecule has 10 nitrogen and oxygen atoms in total. The second kappa shape index (κ2) is 8.56. The van der Waals surface area contributed by atoms with Crippen molar-refractivity contribution in [3.05, 3.63) is 92.2 Å². The molecular weight excluding hydrogens is 468 g/mol. The van der Waals surface area contributed by atoms with Crippen molar-refractivity contribution in [2.45, 2.75) is 20.0 Å². The maximum atomic E-state index is 12.5. The molecule has 4 rings (SSSR count). The quantitative estimate of drug-likeness (QED) is 0.312. The summed E-state index contributed by atoms with van der Waals surface area (Å²) in [6, 6.07) is 11.3. The number of halogens is 1. The number of nitrogens with zero attached hydrogens (tertiary/aromatic N) is 5. The minimum Gasteiger partial charge on any atom is -0.454 e. The Kier molecular flexibility index (Phi) is 5.67. The Morgan fingerprint density at radius 3 is 2.81 bits per heavy atom. The predicted octanol–water partition coefficient (Wildman–Crippen LogP) is 4.00. The molecular formula is C20H17BrN6O4. The maximum Gasteiger partial charge on any atom is 0.404 e. The van der Waals surface area contributed by atoms with Gasteiger partial charge in [0.2, 0.25) is 0 Å². The number of hydrogen-bond donors (Lipinski definition) is 1. The number of hydrogen-bond acceptors (Lipinski definition) is 6. The largest absolute Gasteiger partial charge is 0.454 e. The first-order chi connectivity index (χ1) is 14.9. The molecule has 1 N–H and O–H groups in total. The van der Waals surface area contributed by atoms with E-state index in [1.807, 2.05) is 25.1 Å². The van der Waals surface area contributed by atoms with Crippen LogP contribution in [0.15, 0.2) is 63.9 Å². The van der Waals surface area contributed by atoms with Crippen molar-refractivity contribution in [3.8, 4) is 0 Å². The zero-order chi connectivity index (χ0) is 22.0. The van der Waals surface area contributed by atoms with Crippen molar-refractivity contribution in [1.82, 2.24) is 19.6 Å². The molecule has 0 bridgehead atoms. The predicted molar refractivity (Wildman–Crippen MR) is 115 cm³/mol. The van der Waals surface area contributed by atoms with E-state index in [4.69, 9.17) is 4.42 Å². The Morgan fingerprint density at radius 1 is 1.23 bits per heavy atom. The summed E-state index contributed by atoms with van der Waals surface area (Å²) >= 11 is 3.10. The van der Waals surface area contributed by atoms with Gasteiger partial charge in [0, 0.05) is 6.20 Å². The molecule has 0 unspecified atom stereocenters. The zero-order valence-corrected chi connectivity index (χ0v) is 17.9. The lowest BCUT2D eigenvalue weighted by molar-refractivity contribution is -0.390. The van der Waals surface area contributed by atoms with Crippen molar-refractivity contribution < 1.29 is 14.1 Å². The van der Waals surface area contributed by atoms with E-state index in [2.05, 4.69) is 37.5 Å². The molecule has 11 heteroatoms. The zero-order valence-electron chi connectivity index (χ0n) is 16.4. The van der Waals surface area contributed by atoms with Crippen LogP contribution in [0.3, 0.4) is 0 Å². The maximum absolute atomic E-state index is 12.5. The minimum absolute atomic E-state index is 0.113. The Bertz CT molecular complexity index is 1260. The van der Waals surface area contributed by atoms with Gasteiger partial charge >= 0.3 is 5.82 Å². The second-order valence-electron chi connectivity index (χ2n) is 6.89. The first kappa shape index (κ1) is 20.5. The van der Waals surface area contributed by atoms with E-state index in [0.29, 0.717) is 18.0 Å². The summed E-state index contributed by atoms with van der Waals surface area (Å²) in [4.78, 5) is 22.8. The van der Waals surface area contributed by atoms with Crippen LogP contribution in [-0.4, -0.2) is 30.4 Å². The van der Waals surface area contributed by atoms with Crippen LogP contribution >= 0.6 is 15.9 Å². The van der Waals surface area contributed by atoms with E-state index in [0.717, 1.165) is 5.56 Å². The number of nitrogens with one attached hydrogen (secondary N) is 1. The van der Waals surface area contributed by atoms with Crippen LogP contribution in [0.4, 0.5) is 11.5 Å². The van der Waals surface area contributed by atoms with Gasteiger partial charge in [0.1, 0.15) is 16.8 Å². The minimum atomic E-state index is -0.583. The van der Waals surface area contributed by atoms with E-state index in [1.54, 1.807) is 23.1 Å². The SMILES string of the molecule is Cc1cccc(Cn2cc(NC(=O)c3ccc(Cn4cc(Br)c([N+](=O)[O-])n4)o3)cn2)c1. The lowest BCUT2D eigenvalue weighted by Crippen LogP contribution is -2.10. The average Bonchev–Trinajstić information content (AvgIpc) is 3.43. The van der Waals surface area contributed by atoms with Gasteiger partial charge in [-0.25, -0.2) is 0 Å². The molecule has 4 aromatic rings. The molecule has 0 saturated carbocycles. The summed E-state index contributed by atoms with van der Waals surface area (Å²) in [7, 11) is 0. The Morgan fingerprint density at radius 2 is 2.06 bits per heavy atom. The van der Waals surface area contributed by atoms with Crippen LogP contribution in [0.5, 0.6) is 0 Å². The van der Waals surface area contributed by atoms with E-state index in [-0.39, 0.29) is 22.6 Å². The van der Waals surface area contributed by atoms with Crippen LogP contribution in [0.25, 0.3) is 0 Å². The van der Waals surface area contributed by atoms with Gasteiger partial charge in [-0.1, -0.05) is 29.8 Å². The van der Waals surface area contributed by atoms with E-state index in [1.165, 1.54) is 22.5 Å². The fraction of sp³-hybridized carbons (Fsp3) is 0.150. The molecule has 0 aliphatic heterocycles. The number of carbonyl (C=O) groups excluding carboxylic acids is 1. The summed E-state index contributed by atoms with van der Waals surface area (Å²) < 4.78 is 8.93. The number of nitro groups is 1. The highest BCUT2D eigenvalue weighted by molar-refractivity contribution is 9.10. The molecule has 0 spiro atoms. The van der Waals surface area contributed by atoms with Crippen molar-refractivity contribution in [2.24, 2.45) is 0 Å². The van der Waals surface area contributed by atoms with Crippen LogP contribution in [0.1, 0.15) is 27.4 Å². The normalized spacial score (nSPS) is 10.9. The molecule has 0 fully saturated rings. The number of rotatable bonds is 7. The summed E-state index contributed by atoms with van der Waals surface area (Å²) in [5, 5.41) is 21.8. The van der Waals surface area contributed by atoms with Gasteiger partial charge in [-0.3, -0.25) is 9.48 Å². The number of carbonyl (C=O) groups is 1. The average molecular weight is 485 g/mol. The van der Waals surface area contributed by atoms with Gasteiger partial charge in [0.05, 0.1) is 29.7 Å². The summed E-state index contributed by atoms with van der Waals surface area (Å²) in [6.45, 7) is 2.77. The van der Waals surface area contributed by atoms with Gasteiger partial charge in [-0.05, 0) is 45.5 Å². The highest BCUT2D eigenvalue weighted by Gasteiger charge is 2.20. The van der Waals surface area contributed by atoms with E-state index < -0.39 is 10.8 Å². The van der Waals surface area contributed by atoms with E-state index in [9.17, 15) is 14.9 Å². The Labute approximate surface area is 184 Å². The van der Waals surface area contributed by atoms with E-state index >= 15 is 0 Å². The summed E-state index contributed by atoms with van der Waals surface area (Å²) in [5.74, 6) is -0.159.